The quantitative estimate of drug-likeness (QED) is 0.790. The summed E-state index contributed by atoms with van der Waals surface area (Å²) < 4.78 is 12.7. The van der Waals surface area contributed by atoms with E-state index in [1.807, 2.05) is 0 Å². The summed E-state index contributed by atoms with van der Waals surface area (Å²) in [4.78, 5) is 23.4. The number of halogens is 1. The molecule has 0 heterocycles. The molecule has 2 N–H and O–H groups in total. The predicted molar refractivity (Wildman–Crippen MR) is 78.3 cm³/mol. The Morgan fingerprint density at radius 1 is 1.05 bits per heavy atom. The summed E-state index contributed by atoms with van der Waals surface area (Å²) in [5, 5.41) is 5.50. The van der Waals surface area contributed by atoms with E-state index in [-0.39, 0.29) is 17.6 Å². The lowest BCUT2D eigenvalue weighted by atomic mass is 10.0. The molecule has 1 saturated carbocycles. The van der Waals surface area contributed by atoms with E-state index in [1.165, 1.54) is 37.1 Å². The van der Waals surface area contributed by atoms with Crippen molar-refractivity contribution in [1.29, 1.82) is 0 Å². The third-order valence-corrected chi connectivity index (χ3v) is 3.79. The number of nitrogens with one attached hydrogen (secondary N) is 2. The van der Waals surface area contributed by atoms with Gasteiger partial charge in [0.05, 0.1) is 0 Å². The van der Waals surface area contributed by atoms with Gasteiger partial charge in [-0.05, 0) is 43.0 Å². The predicted octanol–water partition coefficient (Wildman–Crippen LogP) is 2.25. The van der Waals surface area contributed by atoms with E-state index in [9.17, 15) is 14.0 Å². The molecular weight excluding hydrogens is 271 g/mol. The first kappa shape index (κ1) is 15.5. The average molecular weight is 292 g/mol. The van der Waals surface area contributed by atoms with Crippen molar-refractivity contribution in [2.45, 2.75) is 32.1 Å². The third kappa shape index (κ3) is 5.17. The Morgan fingerprint density at radius 2 is 1.67 bits per heavy atom. The lowest BCUT2D eigenvalue weighted by molar-refractivity contribution is -0.121. The lowest BCUT2D eigenvalue weighted by Gasteiger charge is -2.10. The van der Waals surface area contributed by atoms with Crippen LogP contribution in [0.4, 0.5) is 4.39 Å². The maximum absolute atomic E-state index is 12.7. The van der Waals surface area contributed by atoms with Crippen LogP contribution in [-0.2, 0) is 4.79 Å². The van der Waals surface area contributed by atoms with Gasteiger partial charge in [0, 0.05) is 25.1 Å². The molecule has 0 bridgehead atoms. The monoisotopic (exact) mass is 292 g/mol. The van der Waals surface area contributed by atoms with Crippen LogP contribution in [0.15, 0.2) is 24.3 Å². The molecule has 1 fully saturated rings. The Morgan fingerprint density at radius 3 is 2.33 bits per heavy atom. The Bertz CT molecular complexity index is 482. The van der Waals surface area contributed by atoms with Crippen LogP contribution in [0.3, 0.4) is 0 Å². The second kappa shape index (κ2) is 7.76. The van der Waals surface area contributed by atoms with Gasteiger partial charge in [0.2, 0.25) is 5.91 Å². The van der Waals surface area contributed by atoms with E-state index in [4.69, 9.17) is 0 Å². The van der Waals surface area contributed by atoms with Gasteiger partial charge in [-0.2, -0.15) is 0 Å². The topological polar surface area (TPSA) is 58.2 Å². The highest BCUT2D eigenvalue weighted by Crippen LogP contribution is 2.27. The molecule has 0 atom stereocenters. The molecule has 0 aliphatic heterocycles. The number of amides is 2. The molecule has 21 heavy (non-hydrogen) atoms. The van der Waals surface area contributed by atoms with Crippen molar-refractivity contribution in [1.82, 2.24) is 10.6 Å². The average Bonchev–Trinajstić information content (AvgIpc) is 2.97. The summed E-state index contributed by atoms with van der Waals surface area (Å²) in [7, 11) is 0. The lowest BCUT2D eigenvalue weighted by Crippen LogP contribution is -2.35. The minimum atomic E-state index is -0.370. The van der Waals surface area contributed by atoms with Crippen molar-refractivity contribution >= 4 is 11.8 Å². The Labute approximate surface area is 124 Å². The molecule has 2 rings (SSSR count). The van der Waals surface area contributed by atoms with Crippen LogP contribution >= 0.6 is 0 Å². The Kier molecular flexibility index (Phi) is 5.72. The number of benzene rings is 1. The zero-order valence-corrected chi connectivity index (χ0v) is 12.0. The van der Waals surface area contributed by atoms with Gasteiger partial charge in [0.25, 0.3) is 5.91 Å². The maximum Gasteiger partial charge on any atom is 0.251 e. The first-order chi connectivity index (χ1) is 10.1. The van der Waals surface area contributed by atoms with E-state index < -0.39 is 0 Å². The van der Waals surface area contributed by atoms with Crippen molar-refractivity contribution in [2.24, 2.45) is 5.92 Å². The fourth-order valence-electron chi connectivity index (χ4n) is 2.63. The van der Waals surface area contributed by atoms with Gasteiger partial charge in [-0.1, -0.05) is 12.8 Å². The van der Waals surface area contributed by atoms with Gasteiger partial charge in [-0.3, -0.25) is 9.59 Å². The van der Waals surface area contributed by atoms with Gasteiger partial charge in [-0.25, -0.2) is 4.39 Å². The molecule has 5 heteroatoms. The molecule has 4 nitrogen and oxygen atoms in total. The molecule has 114 valence electrons. The first-order valence-corrected chi connectivity index (χ1v) is 7.45. The van der Waals surface area contributed by atoms with Crippen LogP contribution in [0.5, 0.6) is 0 Å². The van der Waals surface area contributed by atoms with Gasteiger partial charge < -0.3 is 10.6 Å². The van der Waals surface area contributed by atoms with E-state index >= 15 is 0 Å². The first-order valence-electron chi connectivity index (χ1n) is 7.45. The standard InChI is InChI=1S/C16H21FN2O2/c17-14-7-5-13(6-8-14)16(21)19-10-9-18-15(20)11-12-3-1-2-4-12/h5-8,12H,1-4,9-11H2,(H,18,20)(H,19,21). The normalized spacial score (nSPS) is 14.9. The van der Waals surface area contributed by atoms with E-state index in [0.717, 1.165) is 12.8 Å². The number of carbonyl (C=O) groups excluding carboxylic acids is 2. The molecule has 0 radical (unpaired) electrons. The van der Waals surface area contributed by atoms with E-state index in [1.54, 1.807) is 0 Å². The SMILES string of the molecule is O=C(CC1CCCC1)NCCNC(=O)c1ccc(F)cc1. The van der Waals surface area contributed by atoms with Crippen molar-refractivity contribution in [3.63, 3.8) is 0 Å². The summed E-state index contributed by atoms with van der Waals surface area (Å²) >= 11 is 0. The maximum atomic E-state index is 12.7. The van der Waals surface area contributed by atoms with Crippen molar-refractivity contribution in [3.05, 3.63) is 35.6 Å². The van der Waals surface area contributed by atoms with Crippen molar-refractivity contribution < 1.29 is 14.0 Å². The van der Waals surface area contributed by atoms with Gasteiger partial charge in [0.15, 0.2) is 0 Å². The van der Waals surface area contributed by atoms with Gasteiger partial charge in [0.1, 0.15) is 5.82 Å². The molecule has 0 aromatic heterocycles. The second-order valence-electron chi connectivity index (χ2n) is 5.47. The number of rotatable bonds is 6. The fraction of sp³-hybridized carbons (Fsp3) is 0.500. The molecular formula is C16H21FN2O2. The molecule has 1 aromatic carbocycles. The smallest absolute Gasteiger partial charge is 0.251 e. The van der Waals surface area contributed by atoms with Gasteiger partial charge in [-0.15, -0.1) is 0 Å². The Balaban J connectivity index is 1.61. The van der Waals surface area contributed by atoms with Crippen molar-refractivity contribution in [2.75, 3.05) is 13.1 Å². The molecule has 0 unspecified atom stereocenters. The van der Waals surface area contributed by atoms with E-state index in [2.05, 4.69) is 10.6 Å². The second-order valence-corrected chi connectivity index (χ2v) is 5.47. The minimum Gasteiger partial charge on any atom is -0.354 e. The third-order valence-electron chi connectivity index (χ3n) is 3.79. The molecule has 1 aliphatic carbocycles. The van der Waals surface area contributed by atoms with Crippen LogP contribution in [0, 0.1) is 11.7 Å². The summed E-state index contributed by atoms with van der Waals surface area (Å²) in [6, 6.07) is 5.36. The number of hydrogen-bond donors (Lipinski definition) is 2. The zero-order chi connectivity index (χ0) is 15.1. The minimum absolute atomic E-state index is 0.0536. The fourth-order valence-corrected chi connectivity index (χ4v) is 2.63. The molecule has 2 amide bonds. The number of hydrogen-bond acceptors (Lipinski definition) is 2. The van der Waals surface area contributed by atoms with E-state index in [0.29, 0.717) is 31.0 Å². The molecule has 1 aliphatic rings. The summed E-state index contributed by atoms with van der Waals surface area (Å²) in [5.41, 5.74) is 0.411. The summed E-state index contributed by atoms with van der Waals surface area (Å²) in [5.74, 6) is -0.0532. The van der Waals surface area contributed by atoms with Crippen LogP contribution in [0.25, 0.3) is 0 Å². The van der Waals surface area contributed by atoms with Crippen LogP contribution in [-0.4, -0.2) is 24.9 Å². The van der Waals surface area contributed by atoms with Crippen molar-refractivity contribution in [3.8, 4) is 0 Å². The van der Waals surface area contributed by atoms with Gasteiger partial charge >= 0.3 is 0 Å². The van der Waals surface area contributed by atoms with Crippen LogP contribution in [0.1, 0.15) is 42.5 Å². The largest absolute Gasteiger partial charge is 0.354 e. The molecule has 1 aromatic rings. The highest BCUT2D eigenvalue weighted by atomic mass is 19.1. The summed E-state index contributed by atoms with van der Waals surface area (Å²) in [6.45, 7) is 0.783. The highest BCUT2D eigenvalue weighted by Gasteiger charge is 2.17. The summed E-state index contributed by atoms with van der Waals surface area (Å²) in [6.07, 6.45) is 5.34. The zero-order valence-electron chi connectivity index (χ0n) is 12.0. The van der Waals surface area contributed by atoms with Crippen LogP contribution < -0.4 is 10.6 Å². The molecule has 0 spiro atoms. The Hall–Kier alpha value is -1.91. The number of carbonyl (C=O) groups is 2. The van der Waals surface area contributed by atoms with Crippen LogP contribution in [0.2, 0.25) is 0 Å². The molecule has 0 saturated heterocycles. The highest BCUT2D eigenvalue weighted by molar-refractivity contribution is 5.94.